The summed E-state index contributed by atoms with van der Waals surface area (Å²) in [6, 6.07) is 7.58. The van der Waals surface area contributed by atoms with Crippen LogP contribution in [0.15, 0.2) is 39.8 Å². The normalized spacial score (nSPS) is 18.2. The molecule has 1 aromatic carbocycles. The van der Waals surface area contributed by atoms with Crippen LogP contribution in [0.1, 0.15) is 17.8 Å². The molecule has 0 saturated carbocycles. The van der Waals surface area contributed by atoms with Gasteiger partial charge in [-0.1, -0.05) is 17.3 Å². The minimum Gasteiger partial charge on any atom is -0.337 e. The Morgan fingerprint density at radius 2 is 2.20 bits per heavy atom. The van der Waals surface area contributed by atoms with E-state index >= 15 is 0 Å². The molecule has 1 saturated heterocycles. The van der Waals surface area contributed by atoms with Crippen LogP contribution in [0, 0.1) is 0 Å². The van der Waals surface area contributed by atoms with Crippen LogP contribution in [0.25, 0.3) is 11.0 Å². The highest BCUT2D eigenvalue weighted by Gasteiger charge is 2.25. The molecule has 0 spiro atoms. The Bertz CT molecular complexity index is 924. The van der Waals surface area contributed by atoms with Gasteiger partial charge in [0, 0.05) is 19.6 Å². The number of benzene rings is 1. The second-order valence-corrected chi connectivity index (χ2v) is 5.92. The van der Waals surface area contributed by atoms with Crippen LogP contribution in [0.4, 0.5) is 0 Å². The Morgan fingerprint density at radius 1 is 1.36 bits per heavy atom. The van der Waals surface area contributed by atoms with Gasteiger partial charge in [0.25, 0.3) is 5.56 Å². The number of para-hydroxylation sites is 2. The van der Waals surface area contributed by atoms with E-state index in [1.165, 1.54) is 6.20 Å². The summed E-state index contributed by atoms with van der Waals surface area (Å²) >= 11 is 0. The number of halogens is 1. The molecule has 3 aromatic rings. The van der Waals surface area contributed by atoms with Gasteiger partial charge in [0.15, 0.2) is 5.82 Å². The average molecular weight is 363 g/mol. The van der Waals surface area contributed by atoms with Crippen molar-refractivity contribution in [2.75, 3.05) is 26.7 Å². The van der Waals surface area contributed by atoms with E-state index < -0.39 is 0 Å². The Hall–Kier alpha value is -2.29. The van der Waals surface area contributed by atoms with E-state index in [-0.39, 0.29) is 30.6 Å². The summed E-state index contributed by atoms with van der Waals surface area (Å²) in [7, 11) is 2.04. The van der Waals surface area contributed by atoms with Crippen molar-refractivity contribution in [3.63, 3.8) is 0 Å². The molecule has 1 fully saturated rings. The molecule has 25 heavy (non-hydrogen) atoms. The highest BCUT2D eigenvalue weighted by molar-refractivity contribution is 5.85. The van der Waals surface area contributed by atoms with Gasteiger partial charge in [0.1, 0.15) is 6.54 Å². The lowest BCUT2D eigenvalue weighted by Crippen LogP contribution is -2.44. The summed E-state index contributed by atoms with van der Waals surface area (Å²) in [4.78, 5) is 23.0. The molecule has 1 atom stereocenters. The standard InChI is InChI=1S/C16H18N6O2.ClH/c1-21-7-6-17-8-13(21)16-19-14(24-20-16)10-22-12-5-3-2-4-11(12)18-9-15(22)23;/h2-5,9,13,17H,6-8,10H2,1H3;1H. The highest BCUT2D eigenvalue weighted by atomic mass is 35.5. The highest BCUT2D eigenvalue weighted by Crippen LogP contribution is 2.18. The zero-order valence-corrected chi connectivity index (χ0v) is 14.6. The van der Waals surface area contributed by atoms with E-state index in [2.05, 4.69) is 25.3 Å². The molecule has 132 valence electrons. The van der Waals surface area contributed by atoms with Gasteiger partial charge in [-0.15, -0.1) is 12.4 Å². The summed E-state index contributed by atoms with van der Waals surface area (Å²) in [5.41, 5.74) is 1.32. The van der Waals surface area contributed by atoms with Crippen molar-refractivity contribution in [2.24, 2.45) is 0 Å². The first-order valence-corrected chi connectivity index (χ1v) is 7.90. The van der Waals surface area contributed by atoms with Gasteiger partial charge >= 0.3 is 0 Å². The first-order valence-electron chi connectivity index (χ1n) is 7.90. The second kappa shape index (κ2) is 7.30. The Morgan fingerprint density at radius 3 is 3.04 bits per heavy atom. The zero-order chi connectivity index (χ0) is 16.5. The molecule has 2 aromatic heterocycles. The van der Waals surface area contributed by atoms with Gasteiger partial charge in [-0.25, -0.2) is 4.98 Å². The molecule has 8 nitrogen and oxygen atoms in total. The van der Waals surface area contributed by atoms with Gasteiger partial charge in [0.05, 0.1) is 23.3 Å². The number of rotatable bonds is 3. The van der Waals surface area contributed by atoms with Crippen LogP contribution in [-0.2, 0) is 6.54 Å². The maximum atomic E-state index is 12.2. The van der Waals surface area contributed by atoms with Crippen LogP contribution >= 0.6 is 12.4 Å². The second-order valence-electron chi connectivity index (χ2n) is 5.92. The Kier molecular flexibility index (Phi) is 5.12. The van der Waals surface area contributed by atoms with E-state index in [1.807, 2.05) is 31.3 Å². The number of fused-ring (bicyclic) bond motifs is 1. The van der Waals surface area contributed by atoms with Crippen molar-refractivity contribution in [3.05, 3.63) is 52.5 Å². The van der Waals surface area contributed by atoms with Crippen LogP contribution in [0.3, 0.4) is 0 Å². The van der Waals surface area contributed by atoms with Gasteiger partial charge in [0.2, 0.25) is 5.89 Å². The molecule has 9 heteroatoms. The molecule has 4 rings (SSSR count). The fraction of sp³-hybridized carbons (Fsp3) is 0.375. The van der Waals surface area contributed by atoms with Crippen molar-refractivity contribution < 1.29 is 4.52 Å². The number of aromatic nitrogens is 4. The quantitative estimate of drug-likeness (QED) is 0.738. The molecule has 3 heterocycles. The minimum absolute atomic E-state index is 0. The molecule has 1 unspecified atom stereocenters. The van der Waals surface area contributed by atoms with E-state index in [1.54, 1.807) is 4.57 Å². The zero-order valence-electron chi connectivity index (χ0n) is 13.8. The molecule has 0 radical (unpaired) electrons. The van der Waals surface area contributed by atoms with Crippen LogP contribution in [-0.4, -0.2) is 51.3 Å². The lowest BCUT2D eigenvalue weighted by molar-refractivity contribution is 0.190. The van der Waals surface area contributed by atoms with Crippen molar-refractivity contribution in [2.45, 2.75) is 12.6 Å². The van der Waals surface area contributed by atoms with E-state index in [4.69, 9.17) is 4.52 Å². The minimum atomic E-state index is -0.190. The summed E-state index contributed by atoms with van der Waals surface area (Å²) in [6.07, 6.45) is 1.32. The summed E-state index contributed by atoms with van der Waals surface area (Å²) in [6.45, 7) is 2.91. The average Bonchev–Trinajstić information content (AvgIpc) is 3.06. The fourth-order valence-corrected chi connectivity index (χ4v) is 2.97. The maximum absolute atomic E-state index is 12.2. The monoisotopic (exact) mass is 362 g/mol. The predicted molar refractivity (Wildman–Crippen MR) is 94.9 cm³/mol. The third-order valence-electron chi connectivity index (χ3n) is 4.34. The molecular weight excluding hydrogens is 344 g/mol. The number of piperazine rings is 1. The van der Waals surface area contributed by atoms with Gasteiger partial charge in [-0.3, -0.25) is 14.3 Å². The number of hydrogen-bond donors (Lipinski definition) is 1. The smallest absolute Gasteiger partial charge is 0.269 e. The van der Waals surface area contributed by atoms with Crippen molar-refractivity contribution in [3.8, 4) is 0 Å². The SMILES string of the molecule is CN1CCNCC1c1noc(Cn2c(=O)cnc3ccccc32)n1.Cl. The lowest BCUT2D eigenvalue weighted by Gasteiger charge is -2.30. The third-order valence-corrected chi connectivity index (χ3v) is 4.34. The van der Waals surface area contributed by atoms with E-state index in [0.717, 1.165) is 30.7 Å². The van der Waals surface area contributed by atoms with Crippen LogP contribution < -0.4 is 10.9 Å². The van der Waals surface area contributed by atoms with Gasteiger partial charge in [-0.2, -0.15) is 4.98 Å². The first-order chi connectivity index (χ1) is 11.7. The Balaban J connectivity index is 0.00000182. The van der Waals surface area contributed by atoms with Crippen LogP contribution in [0.5, 0.6) is 0 Å². The molecule has 1 aliphatic heterocycles. The molecule has 1 aliphatic rings. The fourth-order valence-electron chi connectivity index (χ4n) is 2.97. The predicted octanol–water partition coefficient (Wildman–Crippen LogP) is 0.826. The van der Waals surface area contributed by atoms with Gasteiger partial charge in [-0.05, 0) is 19.2 Å². The van der Waals surface area contributed by atoms with E-state index in [0.29, 0.717) is 11.7 Å². The first kappa shape index (κ1) is 17.5. The van der Waals surface area contributed by atoms with Crippen molar-refractivity contribution >= 4 is 23.4 Å². The lowest BCUT2D eigenvalue weighted by atomic mass is 10.2. The molecule has 0 bridgehead atoms. The molecule has 1 N–H and O–H groups in total. The summed E-state index contributed by atoms with van der Waals surface area (Å²) in [5, 5.41) is 7.43. The van der Waals surface area contributed by atoms with Crippen molar-refractivity contribution in [1.82, 2.24) is 29.9 Å². The number of nitrogens with one attached hydrogen (secondary N) is 1. The maximum Gasteiger partial charge on any atom is 0.269 e. The van der Waals surface area contributed by atoms with E-state index in [9.17, 15) is 4.79 Å². The van der Waals surface area contributed by atoms with Crippen molar-refractivity contribution in [1.29, 1.82) is 0 Å². The molecule has 0 amide bonds. The third kappa shape index (κ3) is 3.41. The number of likely N-dealkylation sites (N-methyl/N-ethyl adjacent to an activating group) is 1. The topological polar surface area (TPSA) is 89.1 Å². The number of nitrogens with zero attached hydrogens (tertiary/aromatic N) is 5. The van der Waals surface area contributed by atoms with Gasteiger partial charge < -0.3 is 9.84 Å². The number of hydrogen-bond acceptors (Lipinski definition) is 7. The molecule has 0 aliphatic carbocycles. The summed E-state index contributed by atoms with van der Waals surface area (Å²) < 4.78 is 6.98. The Labute approximate surface area is 150 Å². The molecular formula is C16H19ClN6O2. The summed E-state index contributed by atoms with van der Waals surface area (Å²) in [5.74, 6) is 1.06. The largest absolute Gasteiger partial charge is 0.337 e. The van der Waals surface area contributed by atoms with Crippen LogP contribution in [0.2, 0.25) is 0 Å².